The fourth-order valence-corrected chi connectivity index (χ4v) is 4.80. The highest BCUT2D eigenvalue weighted by Gasteiger charge is 2.34. The Morgan fingerprint density at radius 2 is 2.04 bits per heavy atom. The molecule has 154 valence electrons. The van der Waals surface area contributed by atoms with Crippen molar-refractivity contribution in [3.63, 3.8) is 0 Å². The van der Waals surface area contributed by atoms with Crippen LogP contribution in [-0.2, 0) is 21.4 Å². The average Bonchev–Trinajstić information content (AvgIpc) is 3.19. The van der Waals surface area contributed by atoms with Gasteiger partial charge in [0.15, 0.2) is 0 Å². The van der Waals surface area contributed by atoms with Gasteiger partial charge in [-0.05, 0) is 18.2 Å². The summed E-state index contributed by atoms with van der Waals surface area (Å²) in [6.07, 6.45) is 0.301. The molecule has 0 spiro atoms. The van der Waals surface area contributed by atoms with Crippen molar-refractivity contribution in [2.24, 2.45) is 0 Å². The van der Waals surface area contributed by atoms with Gasteiger partial charge in [0.1, 0.15) is 11.9 Å². The maximum atomic E-state index is 12.8. The van der Waals surface area contributed by atoms with E-state index in [-0.39, 0.29) is 12.6 Å². The van der Waals surface area contributed by atoms with E-state index in [4.69, 9.17) is 9.47 Å². The molecule has 1 aromatic heterocycles. The predicted octanol–water partition coefficient (Wildman–Crippen LogP) is 1.99. The first-order valence-corrected chi connectivity index (χ1v) is 11.0. The maximum Gasteiger partial charge on any atom is 0.282 e. The van der Waals surface area contributed by atoms with Gasteiger partial charge < -0.3 is 9.47 Å². The molecule has 0 saturated carbocycles. The molecule has 0 aliphatic carbocycles. The Hall–Kier alpha value is -1.94. The number of H-pyrrole nitrogens is 1. The van der Waals surface area contributed by atoms with Crippen molar-refractivity contribution >= 4 is 10.2 Å². The lowest BCUT2D eigenvalue weighted by atomic mass is 10.2. The molecule has 0 bridgehead atoms. The molecule has 0 radical (unpaired) electrons. The Morgan fingerprint density at radius 3 is 2.75 bits per heavy atom. The van der Waals surface area contributed by atoms with Crippen molar-refractivity contribution < 1.29 is 17.9 Å². The SMILES string of the molecule is CCN(CC)S(=O)(=O)N1CCOC(c2cc(CCOc3ccccc3)[nH]n2)C1. The standard InChI is InChI=1S/C19H28N4O4S/c1-3-22(4-2)28(24,25)23-11-13-27-19(15-23)18-14-16(20-21-18)10-12-26-17-8-6-5-7-9-17/h5-9,14,19H,3-4,10-13,15H2,1-2H3,(H,20,21). The predicted molar refractivity (Wildman–Crippen MR) is 106 cm³/mol. The Bertz CT molecular complexity index is 837. The normalized spacial score (nSPS) is 18.5. The highest BCUT2D eigenvalue weighted by atomic mass is 32.2. The van der Waals surface area contributed by atoms with Crippen LogP contribution in [0.15, 0.2) is 36.4 Å². The molecule has 1 aliphatic rings. The van der Waals surface area contributed by atoms with Gasteiger partial charge in [0.2, 0.25) is 0 Å². The second-order valence-corrected chi connectivity index (χ2v) is 8.47. The summed E-state index contributed by atoms with van der Waals surface area (Å²) in [4.78, 5) is 0. The van der Waals surface area contributed by atoms with Crippen molar-refractivity contribution in [3.8, 4) is 5.75 Å². The van der Waals surface area contributed by atoms with Crippen LogP contribution in [0.4, 0.5) is 0 Å². The monoisotopic (exact) mass is 408 g/mol. The zero-order valence-electron chi connectivity index (χ0n) is 16.4. The van der Waals surface area contributed by atoms with Gasteiger partial charge in [-0.25, -0.2) is 0 Å². The molecule has 2 heterocycles. The third-order valence-electron chi connectivity index (χ3n) is 4.75. The lowest BCUT2D eigenvalue weighted by Crippen LogP contribution is -2.49. The molecule has 1 fully saturated rings. The summed E-state index contributed by atoms with van der Waals surface area (Å²) in [6, 6.07) is 11.6. The lowest BCUT2D eigenvalue weighted by molar-refractivity contribution is -0.00661. The Kier molecular flexibility index (Phi) is 7.06. The minimum Gasteiger partial charge on any atom is -0.493 e. The lowest BCUT2D eigenvalue weighted by Gasteiger charge is -2.34. The number of para-hydroxylation sites is 1. The van der Waals surface area contributed by atoms with Gasteiger partial charge in [0, 0.05) is 38.3 Å². The van der Waals surface area contributed by atoms with Crippen LogP contribution in [0.25, 0.3) is 0 Å². The van der Waals surface area contributed by atoms with Crippen LogP contribution >= 0.6 is 0 Å². The van der Waals surface area contributed by atoms with E-state index in [2.05, 4.69) is 10.2 Å². The van der Waals surface area contributed by atoms with Gasteiger partial charge in [-0.2, -0.15) is 22.1 Å². The van der Waals surface area contributed by atoms with Gasteiger partial charge in [-0.3, -0.25) is 5.10 Å². The zero-order chi connectivity index (χ0) is 20.0. The van der Waals surface area contributed by atoms with E-state index < -0.39 is 10.2 Å². The maximum absolute atomic E-state index is 12.8. The Balaban J connectivity index is 1.58. The number of aromatic nitrogens is 2. The van der Waals surface area contributed by atoms with E-state index >= 15 is 0 Å². The molecule has 1 aliphatic heterocycles. The van der Waals surface area contributed by atoms with Crippen LogP contribution in [0, 0.1) is 0 Å². The molecule has 1 unspecified atom stereocenters. The first-order valence-electron chi connectivity index (χ1n) is 9.63. The molecular formula is C19H28N4O4S. The van der Waals surface area contributed by atoms with Gasteiger partial charge >= 0.3 is 0 Å². The number of ether oxygens (including phenoxy) is 2. The summed E-state index contributed by atoms with van der Waals surface area (Å²) in [5.74, 6) is 0.829. The van der Waals surface area contributed by atoms with Crippen LogP contribution in [0.2, 0.25) is 0 Å². The minimum absolute atomic E-state index is 0.268. The third kappa shape index (κ3) is 4.91. The second kappa shape index (κ2) is 9.51. The number of aromatic amines is 1. The summed E-state index contributed by atoms with van der Waals surface area (Å²) < 4.78 is 40.0. The summed E-state index contributed by atoms with van der Waals surface area (Å²) in [5, 5.41) is 7.33. The molecular weight excluding hydrogens is 380 g/mol. The number of nitrogens with zero attached hydrogens (tertiary/aromatic N) is 3. The van der Waals surface area contributed by atoms with Crippen LogP contribution in [-0.4, -0.2) is 66.6 Å². The number of rotatable bonds is 9. The van der Waals surface area contributed by atoms with Gasteiger partial charge in [-0.15, -0.1) is 0 Å². The molecule has 1 aromatic carbocycles. The zero-order valence-corrected chi connectivity index (χ0v) is 17.2. The fourth-order valence-electron chi connectivity index (χ4n) is 3.20. The van der Waals surface area contributed by atoms with Crippen molar-refractivity contribution in [3.05, 3.63) is 47.8 Å². The Morgan fingerprint density at radius 1 is 1.29 bits per heavy atom. The Labute approximate surface area is 166 Å². The van der Waals surface area contributed by atoms with E-state index in [1.807, 2.05) is 50.2 Å². The summed E-state index contributed by atoms with van der Waals surface area (Å²) in [6.45, 7) is 6.10. The average molecular weight is 409 g/mol. The summed E-state index contributed by atoms with van der Waals surface area (Å²) in [5.41, 5.74) is 1.65. The quantitative estimate of drug-likeness (QED) is 0.686. The smallest absolute Gasteiger partial charge is 0.282 e. The van der Waals surface area contributed by atoms with Crippen LogP contribution < -0.4 is 4.74 Å². The molecule has 8 nitrogen and oxygen atoms in total. The summed E-state index contributed by atoms with van der Waals surface area (Å²) >= 11 is 0. The number of nitrogens with one attached hydrogen (secondary N) is 1. The largest absolute Gasteiger partial charge is 0.493 e. The van der Waals surface area contributed by atoms with Crippen molar-refractivity contribution in [1.29, 1.82) is 0 Å². The first-order chi connectivity index (χ1) is 13.5. The second-order valence-electron chi connectivity index (χ2n) is 6.54. The van der Waals surface area contributed by atoms with Gasteiger partial charge in [-0.1, -0.05) is 32.0 Å². The fraction of sp³-hybridized carbons (Fsp3) is 0.526. The van der Waals surface area contributed by atoms with E-state index in [9.17, 15) is 8.42 Å². The van der Waals surface area contributed by atoms with Gasteiger partial charge in [0.05, 0.1) is 18.9 Å². The van der Waals surface area contributed by atoms with E-state index in [1.165, 1.54) is 8.61 Å². The molecule has 9 heteroatoms. The van der Waals surface area contributed by atoms with Crippen molar-refractivity contribution in [2.75, 3.05) is 39.4 Å². The highest BCUT2D eigenvalue weighted by molar-refractivity contribution is 7.86. The van der Waals surface area contributed by atoms with Crippen molar-refractivity contribution in [2.45, 2.75) is 26.4 Å². The first kappa shape index (κ1) is 20.8. The van der Waals surface area contributed by atoms with Gasteiger partial charge in [0.25, 0.3) is 10.2 Å². The molecule has 1 saturated heterocycles. The minimum atomic E-state index is -3.47. The third-order valence-corrected chi connectivity index (χ3v) is 6.90. The molecule has 1 N–H and O–H groups in total. The van der Waals surface area contributed by atoms with Crippen LogP contribution in [0.1, 0.15) is 31.3 Å². The van der Waals surface area contributed by atoms with Crippen LogP contribution in [0.3, 0.4) is 0 Å². The molecule has 1 atom stereocenters. The summed E-state index contributed by atoms with van der Waals surface area (Å²) in [7, 11) is -3.47. The highest BCUT2D eigenvalue weighted by Crippen LogP contribution is 2.24. The topological polar surface area (TPSA) is 87.8 Å². The van der Waals surface area contributed by atoms with E-state index in [0.717, 1.165) is 11.4 Å². The number of hydrogen-bond donors (Lipinski definition) is 1. The van der Waals surface area contributed by atoms with E-state index in [1.54, 1.807) is 0 Å². The van der Waals surface area contributed by atoms with Crippen molar-refractivity contribution in [1.82, 2.24) is 18.8 Å². The van der Waals surface area contributed by atoms with Crippen LogP contribution in [0.5, 0.6) is 5.75 Å². The molecule has 3 rings (SSSR count). The number of hydrogen-bond acceptors (Lipinski definition) is 5. The molecule has 28 heavy (non-hydrogen) atoms. The number of morpholine rings is 1. The molecule has 0 amide bonds. The number of benzene rings is 1. The molecule has 2 aromatic rings. The van der Waals surface area contributed by atoms with E-state index in [0.29, 0.717) is 45.0 Å².